The Kier molecular flexibility index (Phi) is 6.67. The number of benzene rings is 2. The molecule has 0 saturated heterocycles. The molecule has 2 aromatic rings. The SMILES string of the molecule is CC[C@H](CC(=O)N(C)C1CC(C(=O)O)C1)NC(=O)OCC1c2ccccc2-c2ccccc21. The summed E-state index contributed by atoms with van der Waals surface area (Å²) in [6.07, 6.45) is 1.17. The highest BCUT2D eigenvalue weighted by atomic mass is 16.5. The first kappa shape index (κ1) is 22.8. The van der Waals surface area contributed by atoms with Crippen molar-refractivity contribution in [3.63, 3.8) is 0 Å². The third-order valence-electron chi connectivity index (χ3n) is 6.98. The summed E-state index contributed by atoms with van der Waals surface area (Å²) < 4.78 is 5.59. The fourth-order valence-electron chi connectivity index (χ4n) is 4.77. The van der Waals surface area contributed by atoms with Gasteiger partial charge in [-0.05, 0) is 41.5 Å². The molecule has 7 nitrogen and oxygen atoms in total. The van der Waals surface area contributed by atoms with Gasteiger partial charge in [-0.3, -0.25) is 9.59 Å². The van der Waals surface area contributed by atoms with E-state index in [4.69, 9.17) is 9.84 Å². The first-order valence-electron chi connectivity index (χ1n) is 11.5. The number of hydrogen-bond acceptors (Lipinski definition) is 4. The van der Waals surface area contributed by atoms with E-state index in [0.29, 0.717) is 19.3 Å². The Bertz CT molecular complexity index is 1000. The topological polar surface area (TPSA) is 95.9 Å². The van der Waals surface area contributed by atoms with Crippen LogP contribution in [-0.2, 0) is 14.3 Å². The van der Waals surface area contributed by atoms with Crippen molar-refractivity contribution in [1.82, 2.24) is 10.2 Å². The standard InChI is InChI=1S/C26H30N2O5/c1-3-17(14-24(29)28(2)18-12-16(13-18)25(30)31)27-26(32)33-15-23-21-10-6-4-8-19(21)20-9-5-7-11-22(20)23/h4-11,16-18,23H,3,12-15H2,1-2H3,(H,27,32)(H,30,31)/t16?,17-,18?/m1/s1. The summed E-state index contributed by atoms with van der Waals surface area (Å²) in [7, 11) is 1.70. The van der Waals surface area contributed by atoms with E-state index in [1.54, 1.807) is 11.9 Å². The zero-order valence-electron chi connectivity index (χ0n) is 19.0. The van der Waals surface area contributed by atoms with Crippen molar-refractivity contribution in [1.29, 1.82) is 0 Å². The van der Waals surface area contributed by atoms with E-state index in [2.05, 4.69) is 29.6 Å². The number of carboxylic acid groups (broad SMARTS) is 1. The number of carboxylic acids is 1. The van der Waals surface area contributed by atoms with Gasteiger partial charge in [0, 0.05) is 31.5 Å². The number of alkyl carbamates (subject to hydrolysis) is 1. The molecule has 0 spiro atoms. The molecule has 1 fully saturated rings. The summed E-state index contributed by atoms with van der Waals surface area (Å²) in [4.78, 5) is 37.8. The Morgan fingerprint density at radius 3 is 2.18 bits per heavy atom. The highest BCUT2D eigenvalue weighted by Gasteiger charge is 2.38. The van der Waals surface area contributed by atoms with Crippen LogP contribution in [-0.4, -0.2) is 53.7 Å². The van der Waals surface area contributed by atoms with Crippen molar-refractivity contribution in [2.24, 2.45) is 5.92 Å². The van der Waals surface area contributed by atoms with E-state index < -0.39 is 12.1 Å². The molecular formula is C26H30N2O5. The van der Waals surface area contributed by atoms with Crippen LogP contribution in [0.15, 0.2) is 48.5 Å². The fourth-order valence-corrected chi connectivity index (χ4v) is 4.77. The molecule has 2 aliphatic rings. The van der Waals surface area contributed by atoms with E-state index in [1.807, 2.05) is 31.2 Å². The molecule has 0 unspecified atom stereocenters. The van der Waals surface area contributed by atoms with Gasteiger partial charge in [0.1, 0.15) is 6.61 Å². The molecule has 7 heteroatoms. The maximum atomic E-state index is 12.6. The molecular weight excluding hydrogens is 420 g/mol. The maximum absolute atomic E-state index is 12.6. The second kappa shape index (κ2) is 9.65. The van der Waals surface area contributed by atoms with E-state index in [-0.39, 0.29) is 42.9 Å². The van der Waals surface area contributed by atoms with E-state index in [9.17, 15) is 14.4 Å². The highest BCUT2D eigenvalue weighted by molar-refractivity contribution is 5.80. The molecule has 0 radical (unpaired) electrons. The molecule has 1 atom stereocenters. The van der Waals surface area contributed by atoms with Gasteiger partial charge in [-0.1, -0.05) is 55.5 Å². The summed E-state index contributed by atoms with van der Waals surface area (Å²) in [5, 5.41) is 11.9. The van der Waals surface area contributed by atoms with Crippen LogP contribution in [0.25, 0.3) is 11.1 Å². The zero-order valence-corrected chi connectivity index (χ0v) is 19.0. The minimum absolute atomic E-state index is 0.0169. The number of aliphatic carboxylic acids is 1. The molecule has 0 bridgehead atoms. The van der Waals surface area contributed by atoms with Crippen LogP contribution < -0.4 is 5.32 Å². The highest BCUT2D eigenvalue weighted by Crippen LogP contribution is 2.44. The van der Waals surface area contributed by atoms with Crippen LogP contribution in [0.3, 0.4) is 0 Å². The number of carbonyl (C=O) groups is 3. The zero-order chi connectivity index (χ0) is 23.5. The van der Waals surface area contributed by atoms with Gasteiger partial charge in [0.25, 0.3) is 0 Å². The molecule has 2 aliphatic carbocycles. The Labute approximate surface area is 193 Å². The van der Waals surface area contributed by atoms with Crippen LogP contribution >= 0.6 is 0 Å². The second-order valence-electron chi connectivity index (χ2n) is 8.94. The van der Waals surface area contributed by atoms with Gasteiger partial charge < -0.3 is 20.1 Å². The van der Waals surface area contributed by atoms with Gasteiger partial charge >= 0.3 is 12.1 Å². The third-order valence-corrected chi connectivity index (χ3v) is 6.98. The number of hydrogen-bond donors (Lipinski definition) is 2. The molecule has 33 heavy (non-hydrogen) atoms. The van der Waals surface area contributed by atoms with E-state index >= 15 is 0 Å². The molecule has 2 aromatic carbocycles. The summed E-state index contributed by atoms with van der Waals surface area (Å²) in [6, 6.07) is 15.9. The van der Waals surface area contributed by atoms with Crippen LogP contribution in [0.1, 0.15) is 49.7 Å². The molecule has 1 saturated carbocycles. The Morgan fingerprint density at radius 1 is 1.06 bits per heavy atom. The van der Waals surface area contributed by atoms with Crippen LogP contribution in [0.5, 0.6) is 0 Å². The van der Waals surface area contributed by atoms with Gasteiger partial charge in [0.05, 0.1) is 5.92 Å². The average molecular weight is 451 g/mol. The molecule has 2 N–H and O–H groups in total. The number of ether oxygens (including phenoxy) is 1. The normalized spacial score (nSPS) is 19.6. The van der Waals surface area contributed by atoms with Gasteiger partial charge in [-0.25, -0.2) is 4.79 Å². The predicted molar refractivity (Wildman–Crippen MR) is 124 cm³/mol. The third kappa shape index (κ3) is 4.72. The molecule has 4 rings (SSSR count). The first-order chi connectivity index (χ1) is 15.9. The summed E-state index contributed by atoms with van der Waals surface area (Å²) in [5.74, 6) is -1.30. The maximum Gasteiger partial charge on any atom is 0.407 e. The van der Waals surface area contributed by atoms with Gasteiger partial charge in [0.2, 0.25) is 5.91 Å². The lowest BCUT2D eigenvalue weighted by Gasteiger charge is -2.39. The van der Waals surface area contributed by atoms with E-state index in [0.717, 1.165) is 11.1 Å². The van der Waals surface area contributed by atoms with E-state index in [1.165, 1.54) is 11.1 Å². The first-order valence-corrected chi connectivity index (χ1v) is 11.5. The Morgan fingerprint density at radius 2 is 1.64 bits per heavy atom. The van der Waals surface area contributed by atoms with Crippen molar-refractivity contribution in [3.05, 3.63) is 59.7 Å². The van der Waals surface area contributed by atoms with Crippen LogP contribution in [0.2, 0.25) is 0 Å². The van der Waals surface area contributed by atoms with Gasteiger partial charge in [-0.2, -0.15) is 0 Å². The molecule has 2 amide bonds. The number of amides is 2. The predicted octanol–water partition coefficient (Wildman–Crippen LogP) is 4.02. The molecule has 0 aliphatic heterocycles. The number of nitrogens with one attached hydrogen (secondary N) is 1. The molecule has 174 valence electrons. The van der Waals surface area contributed by atoms with Crippen LogP contribution in [0, 0.1) is 5.92 Å². The lowest BCUT2D eigenvalue weighted by molar-refractivity contribution is -0.150. The second-order valence-corrected chi connectivity index (χ2v) is 8.94. The van der Waals surface area contributed by atoms with Crippen molar-refractivity contribution >= 4 is 18.0 Å². The Balaban J connectivity index is 1.30. The number of fused-ring (bicyclic) bond motifs is 3. The quantitative estimate of drug-likeness (QED) is 0.633. The number of carbonyl (C=O) groups excluding carboxylic acids is 2. The number of rotatable bonds is 8. The van der Waals surface area contributed by atoms with Crippen molar-refractivity contribution in [2.45, 2.75) is 50.6 Å². The number of nitrogens with zero attached hydrogens (tertiary/aromatic N) is 1. The summed E-state index contributed by atoms with van der Waals surface area (Å²) in [6.45, 7) is 2.13. The molecule has 0 heterocycles. The van der Waals surface area contributed by atoms with Crippen LogP contribution in [0.4, 0.5) is 4.79 Å². The smallest absolute Gasteiger partial charge is 0.407 e. The van der Waals surface area contributed by atoms with Gasteiger partial charge in [0.15, 0.2) is 0 Å². The monoisotopic (exact) mass is 450 g/mol. The fraction of sp³-hybridized carbons (Fsp3) is 0.423. The largest absolute Gasteiger partial charge is 0.481 e. The van der Waals surface area contributed by atoms with Crippen molar-refractivity contribution in [3.8, 4) is 11.1 Å². The minimum atomic E-state index is -0.810. The lowest BCUT2D eigenvalue weighted by atomic mass is 9.79. The summed E-state index contributed by atoms with van der Waals surface area (Å²) >= 11 is 0. The Hall–Kier alpha value is -3.35. The summed E-state index contributed by atoms with van der Waals surface area (Å²) in [5.41, 5.74) is 4.64. The minimum Gasteiger partial charge on any atom is -0.481 e. The molecule has 0 aromatic heterocycles. The van der Waals surface area contributed by atoms with Gasteiger partial charge in [-0.15, -0.1) is 0 Å². The van der Waals surface area contributed by atoms with Crippen molar-refractivity contribution in [2.75, 3.05) is 13.7 Å². The lowest BCUT2D eigenvalue weighted by Crippen LogP contribution is -2.49. The van der Waals surface area contributed by atoms with Crippen molar-refractivity contribution < 1.29 is 24.2 Å². The average Bonchev–Trinajstić information content (AvgIpc) is 3.09.